The molecular formula is C13H17N3O2S. The number of carbonyl (C=O) groups is 1. The van der Waals surface area contributed by atoms with E-state index in [0.29, 0.717) is 32.8 Å². The summed E-state index contributed by atoms with van der Waals surface area (Å²) in [4.78, 5) is 14.6. The summed E-state index contributed by atoms with van der Waals surface area (Å²) >= 11 is 1.63. The molecule has 1 atom stereocenters. The first-order valence-corrected chi connectivity index (χ1v) is 6.96. The average molecular weight is 279 g/mol. The van der Waals surface area contributed by atoms with Crippen LogP contribution in [0.5, 0.6) is 0 Å². The monoisotopic (exact) mass is 279 g/mol. The van der Waals surface area contributed by atoms with Gasteiger partial charge in [-0.1, -0.05) is 11.8 Å². The van der Waals surface area contributed by atoms with Crippen LogP contribution in [0.2, 0.25) is 0 Å². The molecule has 0 aromatic carbocycles. The molecule has 1 fully saturated rings. The van der Waals surface area contributed by atoms with Gasteiger partial charge in [-0.05, 0) is 11.4 Å². The predicted molar refractivity (Wildman–Crippen MR) is 74.5 cm³/mol. The Kier molecular flexibility index (Phi) is 4.93. The zero-order chi connectivity index (χ0) is 13.7. The maximum absolute atomic E-state index is 11.4. The Labute approximate surface area is 116 Å². The zero-order valence-electron chi connectivity index (χ0n) is 10.6. The lowest BCUT2D eigenvalue weighted by atomic mass is 10.2. The van der Waals surface area contributed by atoms with Gasteiger partial charge in [-0.2, -0.15) is 0 Å². The van der Waals surface area contributed by atoms with E-state index < -0.39 is 0 Å². The van der Waals surface area contributed by atoms with Crippen LogP contribution in [-0.2, 0) is 16.1 Å². The Morgan fingerprint density at radius 3 is 3.21 bits per heavy atom. The fraction of sp³-hybridized carbons (Fsp3) is 0.462. The van der Waals surface area contributed by atoms with E-state index >= 15 is 0 Å². The van der Waals surface area contributed by atoms with Gasteiger partial charge in [-0.3, -0.25) is 9.69 Å². The Morgan fingerprint density at radius 2 is 2.47 bits per heavy atom. The smallest absolute Gasteiger partial charge is 0.237 e. The average Bonchev–Trinajstić information content (AvgIpc) is 2.84. The van der Waals surface area contributed by atoms with Crippen molar-refractivity contribution in [2.45, 2.75) is 12.6 Å². The second-order valence-corrected chi connectivity index (χ2v) is 5.23. The molecule has 19 heavy (non-hydrogen) atoms. The molecule has 1 aromatic heterocycles. The number of rotatable bonds is 3. The quantitative estimate of drug-likeness (QED) is 0.747. The van der Waals surface area contributed by atoms with Gasteiger partial charge >= 0.3 is 0 Å². The first-order chi connectivity index (χ1) is 9.22. The highest BCUT2D eigenvalue weighted by Crippen LogP contribution is 2.20. The Balaban J connectivity index is 2.11. The van der Waals surface area contributed by atoms with Crippen molar-refractivity contribution in [2.75, 3.05) is 26.3 Å². The number of carbonyl (C=O) groups excluding carboxylic acids is 1. The highest BCUT2D eigenvalue weighted by atomic mass is 32.1. The number of morpholine rings is 1. The van der Waals surface area contributed by atoms with Crippen molar-refractivity contribution in [1.82, 2.24) is 4.90 Å². The summed E-state index contributed by atoms with van der Waals surface area (Å²) in [6.07, 6.45) is 0. The molecule has 1 aliphatic rings. The van der Waals surface area contributed by atoms with Gasteiger partial charge in [0.05, 0.1) is 19.8 Å². The second kappa shape index (κ2) is 6.68. The van der Waals surface area contributed by atoms with E-state index in [2.05, 4.69) is 11.8 Å². The van der Waals surface area contributed by atoms with Crippen LogP contribution in [-0.4, -0.2) is 43.2 Å². The molecule has 0 radical (unpaired) electrons. The molecule has 1 aromatic rings. The summed E-state index contributed by atoms with van der Waals surface area (Å²) in [5.41, 5.74) is 11.8. The standard InChI is InChI=1S/C13H17N3O2S/c14-4-1-2-10-3-7-19-12(10)8-16-5-6-18-9-11(16)13(15)17/h3,7,11H,4-6,8-9,14H2,(H2,15,17). The summed E-state index contributed by atoms with van der Waals surface area (Å²) in [5.74, 6) is 5.56. The molecule has 1 unspecified atom stereocenters. The zero-order valence-corrected chi connectivity index (χ0v) is 11.4. The number of nitrogens with zero attached hydrogens (tertiary/aromatic N) is 1. The van der Waals surface area contributed by atoms with E-state index in [4.69, 9.17) is 16.2 Å². The van der Waals surface area contributed by atoms with Gasteiger partial charge in [0.15, 0.2) is 0 Å². The summed E-state index contributed by atoms with van der Waals surface area (Å²) in [6.45, 7) is 2.71. The molecule has 1 amide bonds. The number of thiophene rings is 1. The Hall–Kier alpha value is -1.39. The van der Waals surface area contributed by atoms with E-state index in [-0.39, 0.29) is 11.9 Å². The van der Waals surface area contributed by atoms with E-state index in [1.807, 2.05) is 16.3 Å². The van der Waals surface area contributed by atoms with Gasteiger partial charge in [0.1, 0.15) is 6.04 Å². The van der Waals surface area contributed by atoms with E-state index in [9.17, 15) is 4.79 Å². The molecule has 102 valence electrons. The van der Waals surface area contributed by atoms with Gasteiger partial charge in [0.25, 0.3) is 0 Å². The fourth-order valence-electron chi connectivity index (χ4n) is 1.99. The molecule has 1 saturated heterocycles. The molecule has 2 heterocycles. The Bertz CT molecular complexity index is 503. The van der Waals surface area contributed by atoms with Gasteiger partial charge in [-0.15, -0.1) is 11.3 Å². The van der Waals surface area contributed by atoms with Crippen LogP contribution in [0.1, 0.15) is 10.4 Å². The maximum Gasteiger partial charge on any atom is 0.237 e. The van der Waals surface area contributed by atoms with E-state index in [1.165, 1.54) is 0 Å². The first kappa shape index (κ1) is 14.0. The molecular weight excluding hydrogens is 262 g/mol. The topological polar surface area (TPSA) is 81.6 Å². The molecule has 4 N–H and O–H groups in total. The third-order valence-electron chi connectivity index (χ3n) is 2.98. The first-order valence-electron chi connectivity index (χ1n) is 6.08. The van der Waals surface area contributed by atoms with Crippen LogP contribution in [0.3, 0.4) is 0 Å². The summed E-state index contributed by atoms with van der Waals surface area (Å²) in [6, 6.07) is 1.62. The minimum atomic E-state index is -0.355. The van der Waals surface area contributed by atoms with Gasteiger partial charge in [0, 0.05) is 23.5 Å². The van der Waals surface area contributed by atoms with Gasteiger partial charge < -0.3 is 16.2 Å². The lowest BCUT2D eigenvalue weighted by molar-refractivity contribution is -0.129. The van der Waals surface area contributed by atoms with Gasteiger partial charge in [-0.25, -0.2) is 0 Å². The Morgan fingerprint density at radius 1 is 1.63 bits per heavy atom. The third-order valence-corrected chi connectivity index (χ3v) is 3.89. The largest absolute Gasteiger partial charge is 0.378 e. The van der Waals surface area contributed by atoms with Crippen LogP contribution in [0, 0.1) is 11.8 Å². The minimum Gasteiger partial charge on any atom is -0.378 e. The van der Waals surface area contributed by atoms with Crippen molar-refractivity contribution < 1.29 is 9.53 Å². The SMILES string of the molecule is NCC#Cc1ccsc1CN1CCOCC1C(N)=O. The van der Waals surface area contributed by atoms with E-state index in [1.54, 1.807) is 11.3 Å². The lowest BCUT2D eigenvalue weighted by Gasteiger charge is -2.33. The molecule has 0 spiro atoms. The summed E-state index contributed by atoms with van der Waals surface area (Å²) < 4.78 is 5.30. The summed E-state index contributed by atoms with van der Waals surface area (Å²) in [5, 5.41) is 2.00. The van der Waals surface area contributed by atoms with Crippen molar-refractivity contribution in [1.29, 1.82) is 0 Å². The van der Waals surface area contributed by atoms with Crippen LogP contribution in [0.25, 0.3) is 0 Å². The van der Waals surface area contributed by atoms with Crippen LogP contribution < -0.4 is 11.5 Å². The molecule has 6 heteroatoms. The number of hydrogen-bond donors (Lipinski definition) is 2. The van der Waals surface area contributed by atoms with Crippen molar-refractivity contribution in [2.24, 2.45) is 11.5 Å². The number of nitrogens with two attached hydrogens (primary N) is 2. The number of amides is 1. The van der Waals surface area contributed by atoms with Crippen molar-refractivity contribution >= 4 is 17.2 Å². The van der Waals surface area contributed by atoms with Crippen LogP contribution in [0.15, 0.2) is 11.4 Å². The minimum absolute atomic E-state index is 0.342. The number of hydrogen-bond acceptors (Lipinski definition) is 5. The second-order valence-electron chi connectivity index (χ2n) is 4.23. The van der Waals surface area contributed by atoms with Crippen LogP contribution >= 0.6 is 11.3 Å². The van der Waals surface area contributed by atoms with E-state index in [0.717, 1.165) is 10.4 Å². The van der Waals surface area contributed by atoms with Crippen molar-refractivity contribution in [3.05, 3.63) is 21.9 Å². The molecule has 0 saturated carbocycles. The summed E-state index contributed by atoms with van der Waals surface area (Å²) in [7, 11) is 0. The normalized spacial score (nSPS) is 19.7. The molecule has 1 aliphatic heterocycles. The van der Waals surface area contributed by atoms with Gasteiger partial charge in [0.2, 0.25) is 5.91 Å². The number of primary amides is 1. The molecule has 5 nitrogen and oxygen atoms in total. The highest BCUT2D eigenvalue weighted by Gasteiger charge is 2.28. The van der Waals surface area contributed by atoms with Crippen molar-refractivity contribution in [3.8, 4) is 11.8 Å². The molecule has 0 bridgehead atoms. The maximum atomic E-state index is 11.4. The number of ether oxygens (including phenoxy) is 1. The third kappa shape index (κ3) is 3.55. The van der Waals surface area contributed by atoms with Crippen LogP contribution in [0.4, 0.5) is 0 Å². The lowest BCUT2D eigenvalue weighted by Crippen LogP contribution is -2.51. The predicted octanol–water partition coefficient (Wildman–Crippen LogP) is -0.256. The fourth-order valence-corrected chi connectivity index (χ4v) is 2.85. The highest BCUT2D eigenvalue weighted by molar-refractivity contribution is 7.10. The molecule has 2 rings (SSSR count). The van der Waals surface area contributed by atoms with Crippen molar-refractivity contribution in [3.63, 3.8) is 0 Å². The molecule has 0 aliphatic carbocycles.